The molecule has 0 aliphatic rings. The summed E-state index contributed by atoms with van der Waals surface area (Å²) in [6.45, 7) is 0. The first kappa shape index (κ1) is 10.3. The molecule has 0 radical (unpaired) electrons. The molecule has 0 aliphatic carbocycles. The number of fused-ring (bicyclic) bond motifs is 1. The first-order valence-corrected chi connectivity index (χ1v) is 7.09. The Morgan fingerprint density at radius 3 is 2.93 bits per heavy atom. The van der Waals surface area contributed by atoms with Crippen LogP contribution in [0.15, 0.2) is 22.4 Å². The predicted molar refractivity (Wildman–Crippen MR) is 71.0 cm³/mol. The second-order valence-electron chi connectivity index (χ2n) is 2.75. The fourth-order valence-electron chi connectivity index (χ4n) is 1.30. The summed E-state index contributed by atoms with van der Waals surface area (Å²) < 4.78 is 2.38. The summed E-state index contributed by atoms with van der Waals surface area (Å²) in [5.74, 6) is 0. The quantitative estimate of drug-likeness (QED) is 0.580. The van der Waals surface area contributed by atoms with E-state index in [2.05, 4.69) is 40.3 Å². The molecule has 4 heteroatoms. The lowest BCUT2D eigenvalue weighted by molar-refractivity contribution is 1.49. The topological polar surface area (TPSA) is 23.8 Å². The molecule has 0 atom stereocenters. The van der Waals surface area contributed by atoms with Crippen LogP contribution in [0.1, 0.15) is 5.56 Å². The maximum atomic E-state index is 8.83. The van der Waals surface area contributed by atoms with Gasteiger partial charge in [0.05, 0.1) is 11.6 Å². The third kappa shape index (κ3) is 1.64. The smallest absolute Gasteiger partial charge is 0.0992 e. The summed E-state index contributed by atoms with van der Waals surface area (Å²) in [5.41, 5.74) is 0.747. The molecule has 0 saturated heterocycles. The van der Waals surface area contributed by atoms with Crippen molar-refractivity contribution in [2.75, 3.05) is 6.26 Å². The Hall–Kier alpha value is -0.250. The Labute approximate surface area is 104 Å². The molecule has 0 saturated carbocycles. The van der Waals surface area contributed by atoms with Gasteiger partial charge in [-0.2, -0.15) is 5.26 Å². The zero-order valence-electron chi connectivity index (χ0n) is 7.37. The van der Waals surface area contributed by atoms with E-state index in [9.17, 15) is 0 Å². The van der Waals surface area contributed by atoms with Crippen molar-refractivity contribution in [1.29, 1.82) is 5.26 Å². The Bertz CT molecular complexity index is 525. The molecule has 1 heterocycles. The highest BCUT2D eigenvalue weighted by atomic mass is 127. The van der Waals surface area contributed by atoms with Crippen LogP contribution in [0.3, 0.4) is 0 Å². The van der Waals surface area contributed by atoms with E-state index in [1.165, 1.54) is 18.6 Å². The predicted octanol–water partition coefficient (Wildman–Crippen LogP) is 4.10. The van der Waals surface area contributed by atoms with E-state index in [-0.39, 0.29) is 0 Å². The van der Waals surface area contributed by atoms with Crippen molar-refractivity contribution in [3.8, 4) is 6.07 Å². The highest BCUT2D eigenvalue weighted by Gasteiger charge is 2.08. The van der Waals surface area contributed by atoms with Crippen molar-refractivity contribution in [3.05, 3.63) is 26.6 Å². The van der Waals surface area contributed by atoms with Crippen LogP contribution in [0.2, 0.25) is 0 Å². The second kappa shape index (κ2) is 4.09. The van der Waals surface area contributed by atoms with Gasteiger partial charge in [-0.05, 0) is 41.0 Å². The summed E-state index contributed by atoms with van der Waals surface area (Å²) in [7, 11) is 0. The molecule has 0 N–H and O–H groups in total. The van der Waals surface area contributed by atoms with Crippen LogP contribution < -0.4 is 0 Å². The first-order chi connectivity index (χ1) is 6.76. The molecular formula is C10H6INS2. The summed E-state index contributed by atoms with van der Waals surface area (Å²) in [6, 6.07) is 6.08. The van der Waals surface area contributed by atoms with Gasteiger partial charge in [0, 0.05) is 23.9 Å². The molecule has 0 unspecified atom stereocenters. The van der Waals surface area contributed by atoms with Crippen molar-refractivity contribution >= 4 is 55.8 Å². The third-order valence-electron chi connectivity index (χ3n) is 1.94. The molecule has 2 rings (SSSR count). The van der Waals surface area contributed by atoms with E-state index < -0.39 is 0 Å². The molecule has 0 fully saturated rings. The Kier molecular flexibility index (Phi) is 3.00. The molecule has 1 nitrogen and oxygen atoms in total. The van der Waals surface area contributed by atoms with Gasteiger partial charge >= 0.3 is 0 Å². The lowest BCUT2D eigenvalue weighted by Crippen LogP contribution is -1.79. The first-order valence-electron chi connectivity index (χ1n) is 3.91. The Balaban J connectivity index is 2.80. The molecule has 14 heavy (non-hydrogen) atoms. The molecule has 1 aromatic heterocycles. The van der Waals surface area contributed by atoms with Crippen molar-refractivity contribution < 1.29 is 0 Å². The number of thiophene rings is 1. The van der Waals surface area contributed by atoms with Gasteiger partial charge in [0.15, 0.2) is 0 Å². The number of hydrogen-bond acceptors (Lipinski definition) is 3. The van der Waals surface area contributed by atoms with Crippen LogP contribution in [0, 0.1) is 14.9 Å². The van der Waals surface area contributed by atoms with Crippen LogP contribution >= 0.6 is 45.7 Å². The zero-order chi connectivity index (χ0) is 10.1. The van der Waals surface area contributed by atoms with Gasteiger partial charge in [-0.1, -0.05) is 0 Å². The number of hydrogen-bond donors (Lipinski definition) is 0. The largest absolute Gasteiger partial charge is 0.192 e. The number of nitriles is 1. The minimum atomic E-state index is 0.747. The summed E-state index contributed by atoms with van der Waals surface area (Å²) in [5, 5.41) is 12.3. The molecule has 0 amide bonds. The Morgan fingerprint density at radius 2 is 2.29 bits per heavy atom. The average molecular weight is 331 g/mol. The summed E-state index contributed by atoms with van der Waals surface area (Å²) in [6.07, 6.45) is 2.08. The number of benzene rings is 1. The summed E-state index contributed by atoms with van der Waals surface area (Å²) in [4.78, 5) is 1.30. The van der Waals surface area contributed by atoms with E-state index >= 15 is 0 Å². The highest BCUT2D eigenvalue weighted by molar-refractivity contribution is 14.1. The lowest BCUT2D eigenvalue weighted by Gasteiger charge is -1.98. The van der Waals surface area contributed by atoms with Crippen LogP contribution in [0.4, 0.5) is 0 Å². The highest BCUT2D eigenvalue weighted by Crippen LogP contribution is 2.35. The standard InChI is InChI=1S/C10H6INS2/c1-13-9-5-14-8-3-6(4-12)2-7(11)10(8)9/h2-3,5H,1H3. The van der Waals surface area contributed by atoms with Crippen molar-refractivity contribution in [2.45, 2.75) is 4.90 Å². The minimum absolute atomic E-state index is 0.747. The van der Waals surface area contributed by atoms with Crippen molar-refractivity contribution in [2.24, 2.45) is 0 Å². The average Bonchev–Trinajstić information content (AvgIpc) is 2.61. The van der Waals surface area contributed by atoms with E-state index in [4.69, 9.17) is 5.26 Å². The summed E-state index contributed by atoms with van der Waals surface area (Å²) >= 11 is 5.76. The molecule has 1 aromatic carbocycles. The third-order valence-corrected chi connectivity index (χ3v) is 4.63. The van der Waals surface area contributed by atoms with Gasteiger partial charge in [-0.3, -0.25) is 0 Å². The lowest BCUT2D eigenvalue weighted by atomic mass is 10.2. The zero-order valence-corrected chi connectivity index (χ0v) is 11.2. The van der Waals surface area contributed by atoms with Gasteiger partial charge in [-0.15, -0.1) is 23.1 Å². The Morgan fingerprint density at radius 1 is 1.50 bits per heavy atom. The van der Waals surface area contributed by atoms with Crippen LogP contribution in [0.5, 0.6) is 0 Å². The minimum Gasteiger partial charge on any atom is -0.192 e. The number of thioether (sulfide) groups is 1. The SMILES string of the molecule is CSc1csc2cc(C#N)cc(I)c12. The van der Waals surface area contributed by atoms with Gasteiger partial charge < -0.3 is 0 Å². The number of rotatable bonds is 1. The molecule has 0 aliphatic heterocycles. The number of nitrogens with zero attached hydrogens (tertiary/aromatic N) is 1. The van der Waals surface area contributed by atoms with Crippen LogP contribution in [-0.2, 0) is 0 Å². The fourth-order valence-corrected chi connectivity index (χ4v) is 4.49. The van der Waals surface area contributed by atoms with Crippen molar-refractivity contribution in [1.82, 2.24) is 0 Å². The molecular weight excluding hydrogens is 325 g/mol. The van der Waals surface area contributed by atoms with Crippen molar-refractivity contribution in [3.63, 3.8) is 0 Å². The van der Waals surface area contributed by atoms with E-state index in [1.54, 1.807) is 23.1 Å². The monoisotopic (exact) mass is 331 g/mol. The van der Waals surface area contributed by atoms with E-state index in [0.717, 1.165) is 5.56 Å². The maximum absolute atomic E-state index is 8.83. The molecule has 0 spiro atoms. The molecule has 0 bridgehead atoms. The van der Waals surface area contributed by atoms with Gasteiger partial charge in [0.1, 0.15) is 0 Å². The molecule has 70 valence electrons. The van der Waals surface area contributed by atoms with Gasteiger partial charge in [-0.25, -0.2) is 0 Å². The van der Waals surface area contributed by atoms with Gasteiger partial charge in [0.2, 0.25) is 0 Å². The fraction of sp³-hybridized carbons (Fsp3) is 0.100. The van der Waals surface area contributed by atoms with Crippen LogP contribution in [-0.4, -0.2) is 6.26 Å². The van der Waals surface area contributed by atoms with Crippen LogP contribution in [0.25, 0.3) is 10.1 Å². The van der Waals surface area contributed by atoms with E-state index in [1.807, 2.05) is 12.1 Å². The second-order valence-corrected chi connectivity index (χ2v) is 5.67. The molecule has 2 aromatic rings. The maximum Gasteiger partial charge on any atom is 0.0992 e. The van der Waals surface area contributed by atoms with E-state index in [0.29, 0.717) is 0 Å². The number of halogens is 1. The normalized spacial score (nSPS) is 10.4. The van der Waals surface area contributed by atoms with Gasteiger partial charge in [0.25, 0.3) is 0 Å².